The molecule has 5 nitrogen and oxygen atoms in total. The van der Waals surface area contributed by atoms with E-state index >= 15 is 0 Å². The second-order valence-electron chi connectivity index (χ2n) is 3.90. The maximum atomic E-state index is 11.7. The van der Waals surface area contributed by atoms with Gasteiger partial charge in [0.1, 0.15) is 5.75 Å². The second kappa shape index (κ2) is 5.86. The number of nitrogens with one attached hydrogen (secondary N) is 1. The molecule has 2 N–H and O–H groups in total. The van der Waals surface area contributed by atoms with Crippen LogP contribution in [0.2, 0.25) is 0 Å². The van der Waals surface area contributed by atoms with Gasteiger partial charge in [-0.15, -0.1) is 0 Å². The van der Waals surface area contributed by atoms with E-state index in [-0.39, 0.29) is 11.7 Å². The first kappa shape index (κ1) is 12.2. The summed E-state index contributed by atoms with van der Waals surface area (Å²) in [6.45, 7) is 1.31. The number of aromatic hydroxyl groups is 1. The summed E-state index contributed by atoms with van der Waals surface area (Å²) in [5.41, 5.74) is 0.302. The smallest absolute Gasteiger partial charge is 0.255 e. The Morgan fingerprint density at radius 3 is 2.89 bits per heavy atom. The molecular formula is C13H15N3O2. The topological polar surface area (TPSA) is 67.2 Å². The van der Waals surface area contributed by atoms with Gasteiger partial charge in [0.25, 0.3) is 5.91 Å². The van der Waals surface area contributed by atoms with Crippen molar-refractivity contribution in [2.45, 2.75) is 13.0 Å². The van der Waals surface area contributed by atoms with E-state index in [1.54, 1.807) is 24.4 Å². The molecule has 0 aliphatic heterocycles. The molecule has 0 atom stereocenters. The van der Waals surface area contributed by atoms with Crippen LogP contribution in [-0.2, 0) is 6.54 Å². The fourth-order valence-electron chi connectivity index (χ4n) is 1.64. The number of phenolic OH excluding ortho intramolecular Hbond substituents is 1. The molecule has 5 heteroatoms. The van der Waals surface area contributed by atoms with Crippen molar-refractivity contribution in [3.63, 3.8) is 0 Å². The van der Waals surface area contributed by atoms with E-state index in [0.717, 1.165) is 13.0 Å². The van der Waals surface area contributed by atoms with Crippen LogP contribution in [-0.4, -0.2) is 27.3 Å². The van der Waals surface area contributed by atoms with Gasteiger partial charge in [-0.25, -0.2) is 0 Å². The average molecular weight is 245 g/mol. The predicted molar refractivity (Wildman–Crippen MR) is 67.3 cm³/mol. The molecule has 0 radical (unpaired) electrons. The number of carbonyl (C=O) groups excluding carboxylic acids is 1. The Kier molecular flexibility index (Phi) is 3.96. The van der Waals surface area contributed by atoms with Gasteiger partial charge in [0.05, 0.1) is 5.56 Å². The minimum Gasteiger partial charge on any atom is -0.507 e. The Morgan fingerprint density at radius 2 is 2.17 bits per heavy atom. The van der Waals surface area contributed by atoms with Gasteiger partial charge < -0.3 is 10.4 Å². The highest BCUT2D eigenvalue weighted by Gasteiger charge is 2.08. The van der Waals surface area contributed by atoms with Gasteiger partial charge >= 0.3 is 0 Å². The van der Waals surface area contributed by atoms with Gasteiger partial charge in [-0.3, -0.25) is 9.48 Å². The van der Waals surface area contributed by atoms with Crippen molar-refractivity contribution in [3.8, 4) is 5.75 Å². The average Bonchev–Trinajstić information content (AvgIpc) is 2.88. The van der Waals surface area contributed by atoms with E-state index < -0.39 is 0 Å². The largest absolute Gasteiger partial charge is 0.507 e. The summed E-state index contributed by atoms with van der Waals surface area (Å²) >= 11 is 0. The number of hydrogen-bond donors (Lipinski definition) is 2. The minimum atomic E-state index is -0.256. The fourth-order valence-corrected chi connectivity index (χ4v) is 1.64. The highest BCUT2D eigenvalue weighted by Crippen LogP contribution is 2.14. The zero-order valence-electron chi connectivity index (χ0n) is 9.91. The molecule has 0 saturated carbocycles. The highest BCUT2D eigenvalue weighted by atomic mass is 16.3. The summed E-state index contributed by atoms with van der Waals surface area (Å²) in [6, 6.07) is 8.36. The van der Waals surface area contributed by atoms with Gasteiger partial charge in [0.2, 0.25) is 0 Å². The maximum Gasteiger partial charge on any atom is 0.255 e. The van der Waals surface area contributed by atoms with E-state index in [4.69, 9.17) is 0 Å². The summed E-state index contributed by atoms with van der Waals surface area (Å²) in [5, 5.41) is 16.3. The lowest BCUT2D eigenvalue weighted by atomic mass is 10.2. The number of para-hydroxylation sites is 1. The summed E-state index contributed by atoms with van der Waals surface area (Å²) < 4.78 is 1.81. The molecule has 0 aliphatic carbocycles. The first-order chi connectivity index (χ1) is 8.77. The predicted octanol–water partition coefficient (Wildman–Crippen LogP) is 1.41. The molecule has 1 amide bonds. The number of aryl methyl sites for hydroxylation is 1. The van der Waals surface area contributed by atoms with Crippen LogP contribution in [0.5, 0.6) is 5.75 Å². The van der Waals surface area contributed by atoms with Gasteiger partial charge in [-0.2, -0.15) is 5.10 Å². The Bertz CT molecular complexity index is 509. The fraction of sp³-hybridized carbons (Fsp3) is 0.231. The number of carbonyl (C=O) groups is 1. The molecule has 0 fully saturated rings. The quantitative estimate of drug-likeness (QED) is 0.783. The molecule has 1 aromatic heterocycles. The molecule has 0 aliphatic rings. The summed E-state index contributed by atoms with van der Waals surface area (Å²) in [5.74, 6) is -0.254. The van der Waals surface area contributed by atoms with Gasteiger partial charge in [0, 0.05) is 25.5 Å². The Labute approximate surface area is 105 Å². The molecule has 2 rings (SSSR count). The van der Waals surface area contributed by atoms with Crippen molar-refractivity contribution in [1.82, 2.24) is 15.1 Å². The summed E-state index contributed by atoms with van der Waals surface area (Å²) in [4.78, 5) is 11.7. The van der Waals surface area contributed by atoms with Crippen LogP contribution in [0, 0.1) is 0 Å². The molecule has 1 aromatic carbocycles. The monoisotopic (exact) mass is 245 g/mol. The van der Waals surface area contributed by atoms with Crippen LogP contribution in [0.25, 0.3) is 0 Å². The van der Waals surface area contributed by atoms with Crippen LogP contribution in [0.1, 0.15) is 16.8 Å². The molecule has 0 spiro atoms. The minimum absolute atomic E-state index is 0.00192. The second-order valence-corrected chi connectivity index (χ2v) is 3.90. The molecule has 2 aromatic rings. The van der Waals surface area contributed by atoms with Crippen LogP contribution in [0.3, 0.4) is 0 Å². The lowest BCUT2D eigenvalue weighted by molar-refractivity contribution is 0.0950. The zero-order valence-corrected chi connectivity index (χ0v) is 9.91. The standard InChI is InChI=1S/C13H15N3O2/c17-12-6-2-1-5-11(12)13(18)14-7-3-9-16-10-4-8-15-16/h1-2,4-6,8,10,17H,3,7,9H2,(H,14,18). The van der Waals surface area contributed by atoms with E-state index in [1.807, 2.05) is 16.9 Å². The molecule has 0 bridgehead atoms. The third kappa shape index (κ3) is 3.10. The molecule has 0 unspecified atom stereocenters. The van der Waals surface area contributed by atoms with E-state index in [2.05, 4.69) is 10.4 Å². The Morgan fingerprint density at radius 1 is 1.33 bits per heavy atom. The highest BCUT2D eigenvalue weighted by molar-refractivity contribution is 5.96. The van der Waals surface area contributed by atoms with E-state index in [1.165, 1.54) is 6.07 Å². The number of nitrogens with zero attached hydrogens (tertiary/aromatic N) is 2. The number of amides is 1. The first-order valence-electron chi connectivity index (χ1n) is 5.81. The van der Waals surface area contributed by atoms with Crippen molar-refractivity contribution < 1.29 is 9.90 Å². The van der Waals surface area contributed by atoms with Gasteiger partial charge in [-0.1, -0.05) is 12.1 Å². The van der Waals surface area contributed by atoms with E-state index in [9.17, 15) is 9.90 Å². The van der Waals surface area contributed by atoms with Crippen molar-refractivity contribution in [2.75, 3.05) is 6.54 Å². The van der Waals surface area contributed by atoms with Crippen LogP contribution < -0.4 is 5.32 Å². The number of aromatic nitrogens is 2. The van der Waals surface area contributed by atoms with Gasteiger partial charge in [0.15, 0.2) is 0 Å². The molecular weight excluding hydrogens is 230 g/mol. The molecule has 94 valence electrons. The first-order valence-corrected chi connectivity index (χ1v) is 5.81. The van der Waals surface area contributed by atoms with Crippen molar-refractivity contribution in [3.05, 3.63) is 48.3 Å². The third-order valence-electron chi connectivity index (χ3n) is 2.56. The number of phenols is 1. The van der Waals surface area contributed by atoms with Crippen molar-refractivity contribution in [1.29, 1.82) is 0 Å². The van der Waals surface area contributed by atoms with Crippen molar-refractivity contribution in [2.24, 2.45) is 0 Å². The molecule has 18 heavy (non-hydrogen) atoms. The SMILES string of the molecule is O=C(NCCCn1cccn1)c1ccccc1O. The molecule has 1 heterocycles. The number of benzene rings is 1. The van der Waals surface area contributed by atoms with Crippen LogP contribution in [0.15, 0.2) is 42.7 Å². The van der Waals surface area contributed by atoms with Gasteiger partial charge in [-0.05, 0) is 24.6 Å². The number of hydrogen-bond acceptors (Lipinski definition) is 3. The Hall–Kier alpha value is -2.30. The molecule has 0 saturated heterocycles. The zero-order chi connectivity index (χ0) is 12.8. The third-order valence-corrected chi connectivity index (χ3v) is 2.56. The van der Waals surface area contributed by atoms with Crippen LogP contribution in [0.4, 0.5) is 0 Å². The Balaban J connectivity index is 1.77. The van der Waals surface area contributed by atoms with E-state index in [0.29, 0.717) is 12.1 Å². The normalized spacial score (nSPS) is 10.2. The number of rotatable bonds is 5. The lowest BCUT2D eigenvalue weighted by Gasteiger charge is -2.06. The summed E-state index contributed by atoms with van der Waals surface area (Å²) in [6.07, 6.45) is 4.40. The summed E-state index contributed by atoms with van der Waals surface area (Å²) in [7, 11) is 0. The van der Waals surface area contributed by atoms with Crippen molar-refractivity contribution >= 4 is 5.91 Å². The lowest BCUT2D eigenvalue weighted by Crippen LogP contribution is -2.25. The van der Waals surface area contributed by atoms with Crippen LogP contribution >= 0.6 is 0 Å². The maximum absolute atomic E-state index is 11.7.